The molecule has 3 rings (SSSR count). The lowest BCUT2D eigenvalue weighted by atomic mass is 10.1. The number of carbonyl (C=O) groups is 2. The van der Waals surface area contributed by atoms with Gasteiger partial charge in [0.2, 0.25) is 0 Å². The highest BCUT2D eigenvalue weighted by molar-refractivity contribution is 6.09. The summed E-state index contributed by atoms with van der Waals surface area (Å²) in [7, 11) is 4.94. The molecule has 3 aromatic rings. The highest BCUT2D eigenvalue weighted by Crippen LogP contribution is 2.26. The van der Waals surface area contributed by atoms with Crippen LogP contribution in [0.15, 0.2) is 18.2 Å². The van der Waals surface area contributed by atoms with Gasteiger partial charge in [0.25, 0.3) is 5.91 Å². The normalized spacial score (nSPS) is 11.0. The zero-order chi connectivity index (χ0) is 19.2. The summed E-state index contributed by atoms with van der Waals surface area (Å²) < 4.78 is 8.31. The van der Waals surface area contributed by atoms with E-state index >= 15 is 0 Å². The highest BCUT2D eigenvalue weighted by Gasteiger charge is 2.23. The number of nitrogens with zero attached hydrogens (tertiary/aromatic N) is 3. The minimum atomic E-state index is -0.548. The number of anilines is 1. The topological polar surface area (TPSA) is 78.2 Å². The van der Waals surface area contributed by atoms with E-state index in [-0.39, 0.29) is 11.6 Å². The van der Waals surface area contributed by atoms with Crippen LogP contribution in [0, 0.1) is 20.8 Å². The van der Waals surface area contributed by atoms with Gasteiger partial charge in [-0.05, 0) is 44.5 Å². The smallest absolute Gasteiger partial charge is 0.358 e. The fourth-order valence-corrected chi connectivity index (χ4v) is 3.22. The molecule has 0 radical (unpaired) electrons. The van der Waals surface area contributed by atoms with Crippen LogP contribution in [0.2, 0.25) is 0 Å². The molecule has 0 bridgehead atoms. The third-order valence-electron chi connectivity index (χ3n) is 4.91. The van der Waals surface area contributed by atoms with Gasteiger partial charge in [-0.3, -0.25) is 9.48 Å². The molecular formula is C19H22N4O3. The number of carbonyl (C=O) groups excluding carboxylic acids is 2. The SMILES string of the molecule is COC(=O)c1c(NC(=O)c2ccc3c(c2)c(C)c(C)n3C)c(C)nn1C. The van der Waals surface area contributed by atoms with E-state index in [4.69, 9.17) is 4.74 Å². The molecule has 1 aromatic carbocycles. The van der Waals surface area contributed by atoms with Gasteiger partial charge in [-0.15, -0.1) is 0 Å². The quantitative estimate of drug-likeness (QED) is 0.734. The number of benzene rings is 1. The molecule has 0 unspecified atom stereocenters. The van der Waals surface area contributed by atoms with E-state index in [1.807, 2.05) is 26.1 Å². The Kier molecular flexibility index (Phi) is 4.31. The first-order valence-corrected chi connectivity index (χ1v) is 8.25. The Labute approximate surface area is 151 Å². The molecule has 2 aromatic heterocycles. The molecule has 136 valence electrons. The lowest BCUT2D eigenvalue weighted by molar-refractivity contribution is 0.0589. The summed E-state index contributed by atoms with van der Waals surface area (Å²) in [4.78, 5) is 24.8. The predicted octanol–water partition coefficient (Wildman–Crippen LogP) is 2.88. The maximum Gasteiger partial charge on any atom is 0.358 e. The number of ether oxygens (including phenoxy) is 1. The maximum absolute atomic E-state index is 12.8. The number of methoxy groups -OCH3 is 1. The molecular weight excluding hydrogens is 332 g/mol. The second-order valence-electron chi connectivity index (χ2n) is 6.38. The molecule has 1 amide bonds. The van der Waals surface area contributed by atoms with Crippen molar-refractivity contribution < 1.29 is 14.3 Å². The van der Waals surface area contributed by atoms with Gasteiger partial charge in [-0.2, -0.15) is 5.10 Å². The van der Waals surface area contributed by atoms with Crippen molar-refractivity contribution in [1.82, 2.24) is 14.3 Å². The van der Waals surface area contributed by atoms with E-state index in [0.29, 0.717) is 16.9 Å². The van der Waals surface area contributed by atoms with Gasteiger partial charge in [0.05, 0.1) is 18.5 Å². The van der Waals surface area contributed by atoms with Crippen LogP contribution in [0.3, 0.4) is 0 Å². The van der Waals surface area contributed by atoms with Gasteiger partial charge in [0.1, 0.15) is 0 Å². The average molecular weight is 354 g/mol. The van der Waals surface area contributed by atoms with Crippen molar-refractivity contribution in [2.24, 2.45) is 14.1 Å². The maximum atomic E-state index is 12.8. The molecule has 0 spiro atoms. The van der Waals surface area contributed by atoms with Gasteiger partial charge in [-0.1, -0.05) is 0 Å². The first-order valence-electron chi connectivity index (χ1n) is 8.25. The molecule has 0 saturated heterocycles. The molecule has 0 fully saturated rings. The molecule has 7 heteroatoms. The Morgan fingerprint density at radius 3 is 2.50 bits per heavy atom. The van der Waals surface area contributed by atoms with Crippen LogP contribution in [0.5, 0.6) is 0 Å². The standard InChI is InChI=1S/C19H22N4O3/c1-10-12(3)22(4)15-8-7-13(9-14(10)15)18(24)20-16-11(2)21-23(5)17(16)19(25)26-6/h7-9H,1-6H3,(H,20,24). The minimum absolute atomic E-state index is 0.214. The largest absolute Gasteiger partial charge is 0.464 e. The lowest BCUT2D eigenvalue weighted by Gasteiger charge is -2.08. The van der Waals surface area contributed by atoms with Gasteiger partial charge in [-0.25, -0.2) is 4.79 Å². The van der Waals surface area contributed by atoms with Gasteiger partial charge in [0, 0.05) is 36.3 Å². The summed E-state index contributed by atoms with van der Waals surface area (Å²) in [6, 6.07) is 5.58. The van der Waals surface area contributed by atoms with Crippen LogP contribution in [-0.2, 0) is 18.8 Å². The number of aromatic nitrogens is 3. The van der Waals surface area contributed by atoms with Crippen LogP contribution >= 0.6 is 0 Å². The molecule has 0 aliphatic carbocycles. The molecule has 26 heavy (non-hydrogen) atoms. The zero-order valence-corrected chi connectivity index (χ0v) is 15.8. The van der Waals surface area contributed by atoms with Crippen molar-refractivity contribution in [3.8, 4) is 0 Å². The molecule has 0 aliphatic rings. The Bertz CT molecular complexity index is 1040. The molecule has 1 N–H and O–H groups in total. The second kappa shape index (κ2) is 6.33. The molecule has 7 nitrogen and oxygen atoms in total. The molecule has 0 saturated carbocycles. The van der Waals surface area contributed by atoms with Gasteiger partial charge < -0.3 is 14.6 Å². The Balaban J connectivity index is 2.00. The van der Waals surface area contributed by atoms with Crippen molar-refractivity contribution in [3.05, 3.63) is 46.4 Å². The van der Waals surface area contributed by atoms with E-state index in [0.717, 1.165) is 22.2 Å². The van der Waals surface area contributed by atoms with E-state index in [1.165, 1.54) is 11.8 Å². The first kappa shape index (κ1) is 17.7. The Morgan fingerprint density at radius 2 is 1.85 bits per heavy atom. The summed E-state index contributed by atoms with van der Waals surface area (Å²) >= 11 is 0. The fraction of sp³-hybridized carbons (Fsp3) is 0.316. The zero-order valence-electron chi connectivity index (χ0n) is 15.8. The van der Waals surface area contributed by atoms with E-state index < -0.39 is 5.97 Å². The Morgan fingerprint density at radius 1 is 1.15 bits per heavy atom. The number of nitrogens with one attached hydrogen (secondary N) is 1. The van der Waals surface area contributed by atoms with E-state index in [1.54, 1.807) is 20.0 Å². The average Bonchev–Trinajstić information content (AvgIpc) is 3.02. The van der Waals surface area contributed by atoms with E-state index in [2.05, 4.69) is 21.9 Å². The van der Waals surface area contributed by atoms with Gasteiger partial charge >= 0.3 is 5.97 Å². The third kappa shape index (κ3) is 2.65. The summed E-state index contributed by atoms with van der Waals surface area (Å²) in [5, 5.41) is 8.05. The van der Waals surface area contributed by atoms with Crippen molar-refractivity contribution >= 4 is 28.5 Å². The number of aryl methyl sites for hydroxylation is 4. The lowest BCUT2D eigenvalue weighted by Crippen LogP contribution is -2.16. The van der Waals surface area contributed by atoms with Crippen molar-refractivity contribution in [2.45, 2.75) is 20.8 Å². The second-order valence-corrected chi connectivity index (χ2v) is 6.38. The van der Waals surface area contributed by atoms with Crippen LogP contribution in [0.25, 0.3) is 10.9 Å². The minimum Gasteiger partial charge on any atom is -0.464 e. The monoisotopic (exact) mass is 354 g/mol. The number of esters is 1. The highest BCUT2D eigenvalue weighted by atomic mass is 16.5. The van der Waals surface area contributed by atoms with Crippen molar-refractivity contribution in [1.29, 1.82) is 0 Å². The number of fused-ring (bicyclic) bond motifs is 1. The Hall–Kier alpha value is -3.09. The summed E-state index contributed by atoms with van der Waals surface area (Å²) in [5.74, 6) is -0.845. The number of amides is 1. The summed E-state index contributed by atoms with van der Waals surface area (Å²) in [6.07, 6.45) is 0. The number of hydrogen-bond acceptors (Lipinski definition) is 4. The van der Waals surface area contributed by atoms with E-state index in [9.17, 15) is 9.59 Å². The van der Waals surface area contributed by atoms with Crippen molar-refractivity contribution in [3.63, 3.8) is 0 Å². The summed E-state index contributed by atoms with van der Waals surface area (Å²) in [6.45, 7) is 5.83. The number of hydrogen-bond donors (Lipinski definition) is 1. The first-order chi connectivity index (χ1) is 12.3. The predicted molar refractivity (Wildman–Crippen MR) is 99.6 cm³/mol. The van der Waals surface area contributed by atoms with Crippen molar-refractivity contribution in [2.75, 3.05) is 12.4 Å². The van der Waals surface area contributed by atoms with Crippen LogP contribution in [0.4, 0.5) is 5.69 Å². The molecule has 0 atom stereocenters. The third-order valence-corrected chi connectivity index (χ3v) is 4.91. The summed E-state index contributed by atoms with van der Waals surface area (Å²) in [5.41, 5.74) is 5.03. The molecule has 2 heterocycles. The molecule has 0 aliphatic heterocycles. The fourth-order valence-electron chi connectivity index (χ4n) is 3.22. The van der Waals surface area contributed by atoms with Crippen LogP contribution in [0.1, 0.15) is 37.8 Å². The number of rotatable bonds is 3. The van der Waals surface area contributed by atoms with Gasteiger partial charge in [0.15, 0.2) is 5.69 Å². The van der Waals surface area contributed by atoms with Crippen LogP contribution in [-0.4, -0.2) is 33.3 Å². The van der Waals surface area contributed by atoms with Crippen LogP contribution < -0.4 is 5.32 Å².